The number of nitrogens with zero attached hydrogens (tertiary/aromatic N) is 4. The van der Waals surface area contributed by atoms with Gasteiger partial charge in [-0.3, -0.25) is 30.4 Å². The molecule has 0 aliphatic rings. The van der Waals surface area contributed by atoms with E-state index in [1.807, 2.05) is 112 Å². The second kappa shape index (κ2) is 29.3. The van der Waals surface area contributed by atoms with E-state index in [1.165, 1.54) is 0 Å². The van der Waals surface area contributed by atoms with Crippen LogP contribution in [0.1, 0.15) is 119 Å². The third-order valence-corrected chi connectivity index (χ3v) is 7.09. The first kappa shape index (κ1) is 63.9. The molecule has 12 heteroatoms. The second-order valence-electron chi connectivity index (χ2n) is 17.2. The molecule has 2 aromatic rings. The fraction of sp³-hybridized carbons (Fsp3) is 0.667. The van der Waals surface area contributed by atoms with E-state index in [-0.39, 0.29) is 92.5 Å². The van der Waals surface area contributed by atoms with Crippen LogP contribution in [0.4, 0.5) is 0 Å². The number of para-hydroxylation sites is 2. The van der Waals surface area contributed by atoms with E-state index in [4.69, 9.17) is 21.0 Å². The summed E-state index contributed by atoms with van der Waals surface area (Å²) in [6.45, 7) is 28.1. The molecule has 54 heavy (non-hydrogen) atoms. The van der Waals surface area contributed by atoms with Crippen LogP contribution in [-0.2, 0) is 21.7 Å². The van der Waals surface area contributed by atoms with Gasteiger partial charge < -0.3 is 20.4 Å². The van der Waals surface area contributed by atoms with Gasteiger partial charge >= 0.3 is 58.0 Å². The van der Waals surface area contributed by atoms with Crippen LogP contribution < -0.4 is 31.2 Å². The SMILES string of the molecule is CC(C)(C)c1cccc(C(C)(C)C)c1[O-].CC(C)(C)c1cccc(C(C)(C)C)c1[O-].CC[O-].CC[O-].CN(C)C(=[NH2+])N(C)C.CN(C)C(=[NH2+])N(C)C.[Mg+2].[Mg+2]. The summed E-state index contributed by atoms with van der Waals surface area (Å²) in [4.78, 5) is 7.44. The molecule has 0 aliphatic carbocycles. The number of hydrogen-bond acceptors (Lipinski definition) is 4. The van der Waals surface area contributed by atoms with Crippen molar-refractivity contribution in [3.63, 3.8) is 0 Å². The summed E-state index contributed by atoms with van der Waals surface area (Å²) in [5.74, 6) is 1.95. The summed E-state index contributed by atoms with van der Waals surface area (Å²) in [6.07, 6.45) is 0. The molecule has 0 saturated carbocycles. The topological polar surface area (TPSA) is 156 Å². The van der Waals surface area contributed by atoms with Crippen molar-refractivity contribution in [2.75, 3.05) is 69.6 Å². The molecule has 0 heterocycles. The minimum absolute atomic E-state index is 0. The zero-order valence-corrected chi connectivity index (χ0v) is 41.7. The monoisotopic (exact) mass is 781 g/mol. The second-order valence-corrected chi connectivity index (χ2v) is 17.2. The average Bonchev–Trinajstić information content (AvgIpc) is 2.95. The molecule has 0 fully saturated rings. The molecule has 0 amide bonds. The van der Waals surface area contributed by atoms with E-state index >= 15 is 0 Å². The van der Waals surface area contributed by atoms with Crippen molar-refractivity contribution in [1.29, 1.82) is 0 Å². The molecule has 0 aliphatic heterocycles. The Labute approximate surface area is 365 Å². The molecule has 0 saturated heterocycles. The molecule has 0 spiro atoms. The van der Waals surface area contributed by atoms with Crippen LogP contribution in [0.25, 0.3) is 0 Å². The third kappa shape index (κ3) is 27.6. The van der Waals surface area contributed by atoms with Gasteiger partial charge in [-0.05, 0) is 21.7 Å². The van der Waals surface area contributed by atoms with Crippen molar-refractivity contribution < 1.29 is 31.2 Å². The summed E-state index contributed by atoms with van der Waals surface area (Å²) in [6, 6.07) is 11.7. The van der Waals surface area contributed by atoms with Gasteiger partial charge in [0.05, 0.1) is 56.4 Å². The number of rotatable bonds is 0. The molecule has 0 unspecified atom stereocenters. The van der Waals surface area contributed by atoms with E-state index in [2.05, 4.69) is 83.1 Å². The first-order valence-electron chi connectivity index (χ1n) is 17.9. The molecule has 304 valence electrons. The Hall–Kier alpha value is -1.97. The molecule has 0 aromatic heterocycles. The Morgan fingerprint density at radius 1 is 0.444 bits per heavy atom. The van der Waals surface area contributed by atoms with E-state index < -0.39 is 0 Å². The van der Waals surface area contributed by atoms with Gasteiger partial charge in [0.2, 0.25) is 0 Å². The first-order valence-corrected chi connectivity index (χ1v) is 17.9. The standard InChI is InChI=1S/2C14H22O.2C5H13N3.2C2H5O.2Mg/c2*1-13(2,3)10-8-7-9-11(12(10)15)14(4,5)6;2*1-7(2)5(6)8(3)4;2*1-2-3;;/h2*7-9,15H,1-6H3;2*6H,1-4H3;2*2H2,1H3;;/q;;;;2*-1;2*+2. The molecular formula is C42H80Mg2N6O4+2. The average molecular weight is 782 g/mol. The molecule has 0 bridgehead atoms. The number of benzene rings is 2. The largest absolute Gasteiger partial charge is 2.00 e. The predicted octanol–water partition coefficient (Wildman–Crippen LogP) is 1.13. The van der Waals surface area contributed by atoms with E-state index in [0.29, 0.717) is 0 Å². The molecule has 0 radical (unpaired) electrons. The summed E-state index contributed by atoms with van der Waals surface area (Å²) in [5.41, 5.74) is 3.36. The van der Waals surface area contributed by atoms with Crippen LogP contribution in [0.3, 0.4) is 0 Å². The van der Waals surface area contributed by atoms with Crippen LogP contribution in [0.5, 0.6) is 11.5 Å². The van der Waals surface area contributed by atoms with Gasteiger partial charge in [0.25, 0.3) is 0 Å². The van der Waals surface area contributed by atoms with Gasteiger partial charge in [0, 0.05) is 0 Å². The van der Waals surface area contributed by atoms with Crippen molar-refractivity contribution in [2.45, 2.75) is 119 Å². The Morgan fingerprint density at radius 2 is 0.574 bits per heavy atom. The van der Waals surface area contributed by atoms with Crippen molar-refractivity contribution >= 4 is 58.0 Å². The molecular weight excluding hydrogens is 701 g/mol. The van der Waals surface area contributed by atoms with Crippen LogP contribution in [0.15, 0.2) is 36.4 Å². The normalized spacial score (nSPS) is 10.4. The van der Waals surface area contributed by atoms with Crippen molar-refractivity contribution in [3.05, 3.63) is 58.7 Å². The third-order valence-electron chi connectivity index (χ3n) is 7.09. The summed E-state index contributed by atoms with van der Waals surface area (Å²) in [5, 5.41) is 53.4. The predicted molar refractivity (Wildman–Crippen MR) is 228 cm³/mol. The Bertz CT molecular complexity index is 1110. The molecule has 10 nitrogen and oxygen atoms in total. The Kier molecular flexibility index (Phi) is 34.7. The number of guanidine groups is 2. The fourth-order valence-electron chi connectivity index (χ4n) is 4.24. The maximum absolute atomic E-state index is 12.3. The van der Waals surface area contributed by atoms with Crippen molar-refractivity contribution in [2.24, 2.45) is 0 Å². The minimum atomic E-state index is -0.0711. The smallest absolute Gasteiger partial charge is 0.872 e. The molecule has 4 N–H and O–H groups in total. The number of nitrogens with two attached hydrogens (primary N) is 2. The van der Waals surface area contributed by atoms with E-state index in [1.54, 1.807) is 13.8 Å². The van der Waals surface area contributed by atoms with Crippen LogP contribution >= 0.6 is 0 Å². The zero-order chi connectivity index (χ0) is 42.6. The van der Waals surface area contributed by atoms with Crippen molar-refractivity contribution in [3.8, 4) is 11.5 Å². The van der Waals surface area contributed by atoms with Gasteiger partial charge in [0.1, 0.15) is 0 Å². The summed E-state index contributed by atoms with van der Waals surface area (Å²) >= 11 is 0. The fourth-order valence-corrected chi connectivity index (χ4v) is 4.24. The van der Waals surface area contributed by atoms with Gasteiger partial charge in [-0.2, -0.15) is 0 Å². The molecule has 0 atom stereocenters. The van der Waals surface area contributed by atoms with Gasteiger partial charge in [-0.15, -0.1) is 24.7 Å². The van der Waals surface area contributed by atoms with E-state index in [0.717, 1.165) is 34.2 Å². The molecule has 2 aromatic carbocycles. The summed E-state index contributed by atoms with van der Waals surface area (Å²) in [7, 11) is 15.3. The summed E-state index contributed by atoms with van der Waals surface area (Å²) < 4.78 is 0. The van der Waals surface area contributed by atoms with Crippen LogP contribution in [0.2, 0.25) is 0 Å². The quantitative estimate of drug-likeness (QED) is 0.229. The zero-order valence-electron chi connectivity index (χ0n) is 38.9. The van der Waals surface area contributed by atoms with Crippen LogP contribution in [0, 0.1) is 0 Å². The Morgan fingerprint density at radius 3 is 0.648 bits per heavy atom. The first-order chi connectivity index (χ1) is 23.2. The van der Waals surface area contributed by atoms with Crippen LogP contribution in [-0.4, -0.2) is 147 Å². The minimum Gasteiger partial charge on any atom is -0.872 e. The maximum Gasteiger partial charge on any atom is 2.00 e. The number of hydrogen-bond donors (Lipinski definition) is 2. The Balaban J connectivity index is -0.000000138. The van der Waals surface area contributed by atoms with Gasteiger partial charge in [-0.25, -0.2) is 0 Å². The maximum atomic E-state index is 12.3. The van der Waals surface area contributed by atoms with Gasteiger partial charge in [-0.1, -0.05) is 156 Å². The van der Waals surface area contributed by atoms with Gasteiger partial charge in [0.15, 0.2) is 0 Å². The molecule has 2 rings (SSSR count). The van der Waals surface area contributed by atoms with E-state index in [9.17, 15) is 10.2 Å². The van der Waals surface area contributed by atoms with Crippen molar-refractivity contribution in [1.82, 2.24) is 19.6 Å².